The van der Waals surface area contributed by atoms with E-state index in [1.165, 1.54) is 16.4 Å². The van der Waals surface area contributed by atoms with Crippen LogP contribution in [0, 0.1) is 5.82 Å². The number of aryl methyl sites for hydroxylation is 1. The molecule has 1 saturated heterocycles. The number of halogens is 1. The Kier molecular flexibility index (Phi) is 4.50. The van der Waals surface area contributed by atoms with E-state index in [0.29, 0.717) is 11.4 Å². The van der Waals surface area contributed by atoms with Gasteiger partial charge in [0.1, 0.15) is 5.82 Å². The molecule has 0 radical (unpaired) electrons. The van der Waals surface area contributed by atoms with E-state index in [-0.39, 0.29) is 11.9 Å². The summed E-state index contributed by atoms with van der Waals surface area (Å²) in [5, 5.41) is 0. The third-order valence-electron chi connectivity index (χ3n) is 4.38. The molecule has 1 atom stereocenters. The van der Waals surface area contributed by atoms with Crippen LogP contribution in [0.15, 0.2) is 53.4 Å². The van der Waals surface area contributed by atoms with E-state index in [4.69, 9.17) is 0 Å². The van der Waals surface area contributed by atoms with Crippen LogP contribution in [0.1, 0.15) is 36.9 Å². The molecule has 0 aliphatic carbocycles. The maximum atomic E-state index is 13.5. The van der Waals surface area contributed by atoms with Crippen molar-refractivity contribution in [2.45, 2.75) is 37.1 Å². The van der Waals surface area contributed by atoms with E-state index in [2.05, 4.69) is 0 Å². The Morgan fingerprint density at radius 1 is 1.17 bits per heavy atom. The quantitative estimate of drug-likeness (QED) is 0.850. The van der Waals surface area contributed by atoms with Crippen molar-refractivity contribution in [3.63, 3.8) is 0 Å². The van der Waals surface area contributed by atoms with E-state index in [0.717, 1.165) is 30.4 Å². The summed E-state index contributed by atoms with van der Waals surface area (Å²) in [6, 6.07) is 13.0. The minimum atomic E-state index is -3.56. The second-order valence-corrected chi connectivity index (χ2v) is 7.72. The maximum absolute atomic E-state index is 13.5. The molecule has 1 aliphatic heterocycles. The van der Waals surface area contributed by atoms with Gasteiger partial charge >= 0.3 is 0 Å². The van der Waals surface area contributed by atoms with Crippen LogP contribution in [0.3, 0.4) is 0 Å². The summed E-state index contributed by atoms with van der Waals surface area (Å²) < 4.78 is 40.9. The van der Waals surface area contributed by atoms with Crippen molar-refractivity contribution in [2.24, 2.45) is 0 Å². The number of benzene rings is 2. The molecule has 0 spiro atoms. The van der Waals surface area contributed by atoms with Gasteiger partial charge in [-0.05, 0) is 54.7 Å². The highest BCUT2D eigenvalue weighted by molar-refractivity contribution is 7.89. The number of hydrogen-bond donors (Lipinski definition) is 0. The molecule has 23 heavy (non-hydrogen) atoms. The van der Waals surface area contributed by atoms with Crippen molar-refractivity contribution in [1.29, 1.82) is 0 Å². The minimum Gasteiger partial charge on any atom is -0.207 e. The lowest BCUT2D eigenvalue weighted by molar-refractivity contribution is 0.395. The summed E-state index contributed by atoms with van der Waals surface area (Å²) >= 11 is 0. The smallest absolute Gasteiger partial charge is 0.207 e. The van der Waals surface area contributed by atoms with Gasteiger partial charge in [0.2, 0.25) is 10.0 Å². The molecule has 2 aromatic carbocycles. The van der Waals surface area contributed by atoms with Gasteiger partial charge in [-0.2, -0.15) is 4.31 Å². The summed E-state index contributed by atoms with van der Waals surface area (Å²) in [5.41, 5.74) is 1.82. The molecule has 3 rings (SSSR count). The van der Waals surface area contributed by atoms with Crippen molar-refractivity contribution in [3.8, 4) is 0 Å². The summed E-state index contributed by atoms with van der Waals surface area (Å²) in [7, 11) is -3.56. The Hall–Kier alpha value is -1.72. The van der Waals surface area contributed by atoms with Crippen molar-refractivity contribution in [2.75, 3.05) is 6.54 Å². The van der Waals surface area contributed by atoms with Crippen LogP contribution < -0.4 is 0 Å². The average molecular weight is 333 g/mol. The van der Waals surface area contributed by atoms with Gasteiger partial charge in [0, 0.05) is 6.54 Å². The van der Waals surface area contributed by atoms with E-state index >= 15 is 0 Å². The third kappa shape index (κ3) is 3.16. The molecule has 3 nitrogen and oxygen atoms in total. The lowest BCUT2D eigenvalue weighted by Gasteiger charge is -2.24. The van der Waals surface area contributed by atoms with Gasteiger partial charge in [-0.25, -0.2) is 12.8 Å². The van der Waals surface area contributed by atoms with Crippen LogP contribution in [0.4, 0.5) is 4.39 Å². The fourth-order valence-electron chi connectivity index (χ4n) is 3.11. The molecule has 2 aromatic rings. The molecule has 1 fully saturated rings. The molecule has 1 heterocycles. The molecule has 0 bridgehead atoms. The fourth-order valence-corrected chi connectivity index (χ4v) is 4.79. The highest BCUT2D eigenvalue weighted by Crippen LogP contribution is 2.36. The zero-order valence-electron chi connectivity index (χ0n) is 13.1. The van der Waals surface area contributed by atoms with Gasteiger partial charge in [-0.3, -0.25) is 0 Å². The minimum absolute atomic E-state index is 0.290. The predicted molar refractivity (Wildman–Crippen MR) is 88.1 cm³/mol. The van der Waals surface area contributed by atoms with E-state index in [1.807, 2.05) is 19.1 Å². The molecular formula is C18H20FNO2S. The van der Waals surface area contributed by atoms with Crippen LogP contribution in [-0.2, 0) is 16.4 Å². The number of hydrogen-bond acceptors (Lipinski definition) is 2. The fraction of sp³-hybridized carbons (Fsp3) is 0.333. The molecule has 1 aliphatic rings. The summed E-state index contributed by atoms with van der Waals surface area (Å²) in [5.74, 6) is -0.334. The monoisotopic (exact) mass is 333 g/mol. The summed E-state index contributed by atoms with van der Waals surface area (Å²) in [6.07, 6.45) is 2.37. The topological polar surface area (TPSA) is 37.4 Å². The van der Waals surface area contributed by atoms with E-state index in [1.54, 1.807) is 24.3 Å². The standard InChI is InChI=1S/C18H20FNO2S/c1-2-14-8-10-17(11-9-14)23(21,22)20-12-4-7-18(20)15-5-3-6-16(19)13-15/h3,5-6,8-11,13,18H,2,4,7,12H2,1H3/t18-/m0/s1. The molecular weight excluding hydrogens is 313 g/mol. The zero-order valence-corrected chi connectivity index (χ0v) is 13.9. The highest BCUT2D eigenvalue weighted by atomic mass is 32.2. The van der Waals surface area contributed by atoms with Crippen molar-refractivity contribution >= 4 is 10.0 Å². The van der Waals surface area contributed by atoms with Crippen molar-refractivity contribution in [3.05, 3.63) is 65.5 Å². The second kappa shape index (κ2) is 6.42. The van der Waals surface area contributed by atoms with Gasteiger partial charge in [-0.15, -0.1) is 0 Å². The largest absolute Gasteiger partial charge is 0.243 e. The first-order valence-electron chi connectivity index (χ1n) is 7.88. The molecule has 0 N–H and O–H groups in total. The van der Waals surface area contributed by atoms with Crippen LogP contribution in [0.5, 0.6) is 0 Å². The normalized spacial score (nSPS) is 19.1. The molecule has 5 heteroatoms. The molecule has 0 unspecified atom stereocenters. The molecule has 122 valence electrons. The predicted octanol–water partition coefficient (Wildman–Crippen LogP) is 3.91. The van der Waals surface area contributed by atoms with E-state index in [9.17, 15) is 12.8 Å². The highest BCUT2D eigenvalue weighted by Gasteiger charge is 2.36. The van der Waals surface area contributed by atoms with Crippen LogP contribution >= 0.6 is 0 Å². The Balaban J connectivity index is 1.94. The first kappa shape index (κ1) is 16.1. The van der Waals surface area contributed by atoms with Gasteiger partial charge in [0.05, 0.1) is 10.9 Å². The van der Waals surface area contributed by atoms with Gasteiger partial charge in [0.25, 0.3) is 0 Å². The zero-order chi connectivity index (χ0) is 16.4. The van der Waals surface area contributed by atoms with Crippen LogP contribution in [0.2, 0.25) is 0 Å². The Labute approximate surface area is 136 Å². The first-order valence-corrected chi connectivity index (χ1v) is 9.32. The second-order valence-electron chi connectivity index (χ2n) is 5.83. The van der Waals surface area contributed by atoms with Gasteiger partial charge in [0.15, 0.2) is 0 Å². The number of sulfonamides is 1. The van der Waals surface area contributed by atoms with Crippen molar-refractivity contribution in [1.82, 2.24) is 4.31 Å². The molecule has 0 aromatic heterocycles. The number of rotatable bonds is 4. The Morgan fingerprint density at radius 3 is 2.57 bits per heavy atom. The maximum Gasteiger partial charge on any atom is 0.243 e. The van der Waals surface area contributed by atoms with E-state index < -0.39 is 10.0 Å². The number of nitrogens with zero attached hydrogens (tertiary/aromatic N) is 1. The summed E-state index contributed by atoms with van der Waals surface area (Å²) in [4.78, 5) is 0.304. The Bertz CT molecular complexity index is 787. The average Bonchev–Trinajstić information content (AvgIpc) is 3.05. The van der Waals surface area contributed by atoms with Crippen molar-refractivity contribution < 1.29 is 12.8 Å². The van der Waals surface area contributed by atoms with Gasteiger partial charge in [-0.1, -0.05) is 31.2 Å². The van der Waals surface area contributed by atoms with Crippen LogP contribution in [-0.4, -0.2) is 19.3 Å². The lowest BCUT2D eigenvalue weighted by atomic mass is 10.1. The summed E-state index contributed by atoms with van der Waals surface area (Å²) in [6.45, 7) is 2.50. The Morgan fingerprint density at radius 2 is 1.91 bits per heavy atom. The molecule has 0 saturated carbocycles. The van der Waals surface area contributed by atoms with Gasteiger partial charge < -0.3 is 0 Å². The van der Waals surface area contributed by atoms with Crippen LogP contribution in [0.25, 0.3) is 0 Å². The third-order valence-corrected chi connectivity index (χ3v) is 6.30. The molecule has 0 amide bonds. The lowest BCUT2D eigenvalue weighted by Crippen LogP contribution is -2.30. The first-order chi connectivity index (χ1) is 11.0. The SMILES string of the molecule is CCc1ccc(S(=O)(=O)N2CCC[C@H]2c2cccc(F)c2)cc1.